The monoisotopic (exact) mass is 480 g/mol. The number of hydrogen-bond donors (Lipinski definition) is 0. The predicted molar refractivity (Wildman–Crippen MR) is 118 cm³/mol. The van der Waals surface area contributed by atoms with Crippen LogP contribution in [0.2, 0.25) is 0 Å². The van der Waals surface area contributed by atoms with Gasteiger partial charge >= 0.3 is 6.18 Å². The van der Waals surface area contributed by atoms with Crippen LogP contribution >= 0.6 is 0 Å². The Hall–Kier alpha value is -2.26. The summed E-state index contributed by atoms with van der Waals surface area (Å²) in [6.07, 6.45) is 0.868. The number of alkyl halides is 3. The van der Waals surface area contributed by atoms with Crippen molar-refractivity contribution in [1.82, 2.24) is 9.88 Å². The molecule has 0 radical (unpaired) electrons. The second-order valence-corrected chi connectivity index (χ2v) is 10.6. The first-order chi connectivity index (χ1) is 15.6. The molecule has 2 fully saturated rings. The molecule has 0 bridgehead atoms. The normalized spacial score (nSPS) is 20.3. The topological polar surface area (TPSA) is 46.3 Å². The molecule has 3 aromatic rings. The standard InChI is InChI=1S/C24H24F4N2O2S/c1-33(31)17-2-3-18(19(25)12-17)20-10-16-11-21(32-22(16)13-29-20)15-4-8-30(9-5-15)14-23(6-7-23)24(26,27)28/h2-3,10-13,15H,4-9,14H2,1H3. The van der Waals surface area contributed by atoms with Crippen LogP contribution in [0.5, 0.6) is 0 Å². The van der Waals surface area contributed by atoms with Crippen molar-refractivity contribution >= 4 is 21.8 Å². The molecule has 9 heteroatoms. The summed E-state index contributed by atoms with van der Waals surface area (Å²) in [4.78, 5) is 6.67. The Morgan fingerprint density at radius 3 is 2.52 bits per heavy atom. The molecule has 1 atom stereocenters. The molecule has 1 aliphatic carbocycles. The van der Waals surface area contributed by atoms with Gasteiger partial charge in [0.2, 0.25) is 0 Å². The van der Waals surface area contributed by atoms with E-state index in [0.29, 0.717) is 34.8 Å². The summed E-state index contributed by atoms with van der Waals surface area (Å²) in [5, 5.41) is 0.800. The third-order valence-electron chi connectivity index (χ3n) is 6.94. The van der Waals surface area contributed by atoms with E-state index in [1.165, 1.54) is 12.3 Å². The number of fused-ring (bicyclic) bond motifs is 1. The molecule has 4 nitrogen and oxygen atoms in total. The van der Waals surface area contributed by atoms with Gasteiger partial charge in [0.15, 0.2) is 5.58 Å². The van der Waals surface area contributed by atoms with Gasteiger partial charge in [0.1, 0.15) is 11.6 Å². The van der Waals surface area contributed by atoms with Crippen molar-refractivity contribution < 1.29 is 26.2 Å². The van der Waals surface area contributed by atoms with E-state index in [-0.39, 0.29) is 25.3 Å². The van der Waals surface area contributed by atoms with Crippen LogP contribution < -0.4 is 0 Å². The lowest BCUT2D eigenvalue weighted by molar-refractivity contribution is -0.192. The van der Waals surface area contributed by atoms with E-state index in [0.717, 1.165) is 24.0 Å². The fourth-order valence-corrected chi connectivity index (χ4v) is 5.21. The van der Waals surface area contributed by atoms with Crippen molar-refractivity contribution in [3.63, 3.8) is 0 Å². The maximum absolute atomic E-state index is 14.6. The molecular weight excluding hydrogens is 456 g/mol. The first kappa shape index (κ1) is 22.5. The summed E-state index contributed by atoms with van der Waals surface area (Å²) in [6, 6.07) is 8.14. The molecule has 1 saturated carbocycles. The van der Waals surface area contributed by atoms with E-state index in [1.54, 1.807) is 24.4 Å². The summed E-state index contributed by atoms with van der Waals surface area (Å²) >= 11 is 0. The summed E-state index contributed by atoms with van der Waals surface area (Å²) in [7, 11) is -1.27. The lowest BCUT2D eigenvalue weighted by Gasteiger charge is -2.34. The minimum absolute atomic E-state index is 0.0899. The Balaban J connectivity index is 1.29. The fourth-order valence-electron chi connectivity index (χ4n) is 4.68. The van der Waals surface area contributed by atoms with Gasteiger partial charge in [-0.1, -0.05) is 0 Å². The number of halogens is 4. The molecule has 1 aliphatic heterocycles. The molecule has 0 spiro atoms. The third kappa shape index (κ3) is 4.33. The van der Waals surface area contributed by atoms with Crippen LogP contribution in [-0.2, 0) is 10.8 Å². The Labute approximate surface area is 191 Å². The molecule has 5 rings (SSSR count). The van der Waals surface area contributed by atoms with E-state index < -0.39 is 28.2 Å². The van der Waals surface area contributed by atoms with Gasteiger partial charge in [0.25, 0.3) is 0 Å². The van der Waals surface area contributed by atoms with Gasteiger partial charge in [0.05, 0.1) is 17.3 Å². The Morgan fingerprint density at radius 1 is 1.18 bits per heavy atom. The largest absolute Gasteiger partial charge is 0.459 e. The smallest absolute Gasteiger partial charge is 0.395 e. The van der Waals surface area contributed by atoms with Crippen molar-refractivity contribution in [2.45, 2.75) is 42.7 Å². The highest BCUT2D eigenvalue weighted by Gasteiger charge is 2.63. The van der Waals surface area contributed by atoms with Crippen LogP contribution in [-0.4, -0.2) is 46.2 Å². The first-order valence-corrected chi connectivity index (χ1v) is 12.5. The zero-order chi connectivity index (χ0) is 23.4. The molecule has 1 saturated heterocycles. The number of likely N-dealkylation sites (tertiary alicyclic amines) is 1. The number of rotatable bonds is 5. The summed E-state index contributed by atoms with van der Waals surface area (Å²) in [5.74, 6) is 0.435. The summed E-state index contributed by atoms with van der Waals surface area (Å²) < 4.78 is 71.9. The lowest BCUT2D eigenvalue weighted by atomic mass is 9.93. The minimum Gasteiger partial charge on any atom is -0.459 e. The van der Waals surface area contributed by atoms with Crippen LogP contribution in [0.1, 0.15) is 37.4 Å². The van der Waals surface area contributed by atoms with Crippen LogP contribution in [0, 0.1) is 11.2 Å². The van der Waals surface area contributed by atoms with Crippen molar-refractivity contribution in [1.29, 1.82) is 0 Å². The van der Waals surface area contributed by atoms with Crippen molar-refractivity contribution in [3.05, 3.63) is 48.1 Å². The lowest BCUT2D eigenvalue weighted by Crippen LogP contribution is -2.42. The van der Waals surface area contributed by atoms with E-state index in [2.05, 4.69) is 4.98 Å². The molecule has 2 aromatic heterocycles. The average Bonchev–Trinajstić information content (AvgIpc) is 3.44. The molecule has 176 valence electrons. The number of benzene rings is 1. The Morgan fingerprint density at radius 2 is 1.91 bits per heavy atom. The molecule has 1 aromatic carbocycles. The highest BCUT2D eigenvalue weighted by atomic mass is 32.2. The molecule has 0 amide bonds. The quantitative estimate of drug-likeness (QED) is 0.427. The van der Waals surface area contributed by atoms with Gasteiger partial charge in [-0.15, -0.1) is 0 Å². The van der Waals surface area contributed by atoms with Gasteiger partial charge in [0, 0.05) is 45.4 Å². The number of aromatic nitrogens is 1. The van der Waals surface area contributed by atoms with Gasteiger partial charge in [-0.2, -0.15) is 13.2 Å². The van der Waals surface area contributed by atoms with Crippen molar-refractivity contribution in [2.75, 3.05) is 25.9 Å². The number of piperidine rings is 1. The zero-order valence-electron chi connectivity index (χ0n) is 18.1. The maximum atomic E-state index is 14.6. The second kappa shape index (κ2) is 8.20. The van der Waals surface area contributed by atoms with Gasteiger partial charge in [-0.3, -0.25) is 9.19 Å². The zero-order valence-corrected chi connectivity index (χ0v) is 18.9. The number of furan rings is 1. The molecule has 33 heavy (non-hydrogen) atoms. The van der Waals surface area contributed by atoms with E-state index >= 15 is 0 Å². The van der Waals surface area contributed by atoms with E-state index in [9.17, 15) is 21.8 Å². The fraction of sp³-hybridized carbons (Fsp3) is 0.458. The molecule has 1 unspecified atom stereocenters. The molecule has 0 N–H and O–H groups in total. The van der Waals surface area contributed by atoms with Gasteiger partial charge in [-0.25, -0.2) is 4.39 Å². The predicted octanol–water partition coefficient (Wildman–Crippen LogP) is 5.89. The average molecular weight is 481 g/mol. The second-order valence-electron chi connectivity index (χ2n) is 9.18. The third-order valence-corrected chi connectivity index (χ3v) is 7.86. The number of hydrogen-bond acceptors (Lipinski definition) is 4. The van der Waals surface area contributed by atoms with Crippen LogP contribution in [0.15, 0.2) is 45.8 Å². The highest BCUT2D eigenvalue weighted by molar-refractivity contribution is 7.84. The van der Waals surface area contributed by atoms with E-state index in [1.807, 2.05) is 11.0 Å². The molecule has 3 heterocycles. The molecule has 2 aliphatic rings. The van der Waals surface area contributed by atoms with Gasteiger partial charge in [-0.05, 0) is 69.1 Å². The minimum atomic E-state index is -4.12. The maximum Gasteiger partial charge on any atom is 0.395 e. The van der Waals surface area contributed by atoms with E-state index in [4.69, 9.17) is 4.42 Å². The van der Waals surface area contributed by atoms with Gasteiger partial charge < -0.3 is 9.32 Å². The van der Waals surface area contributed by atoms with Crippen molar-refractivity contribution in [2.24, 2.45) is 5.41 Å². The Bertz CT molecular complexity index is 1210. The van der Waals surface area contributed by atoms with Crippen LogP contribution in [0.4, 0.5) is 17.6 Å². The molecular formula is C24H24F4N2O2S. The summed E-state index contributed by atoms with van der Waals surface area (Å²) in [6.45, 7) is 1.31. The number of nitrogens with zero attached hydrogens (tertiary/aromatic N) is 2. The SMILES string of the molecule is CS(=O)c1ccc(-c2cc3cc(C4CCN(CC5(C(F)(F)F)CC5)CC4)oc3cn2)c(F)c1. The van der Waals surface area contributed by atoms with Crippen molar-refractivity contribution in [3.8, 4) is 11.3 Å². The van der Waals surface area contributed by atoms with Crippen LogP contribution in [0.25, 0.3) is 22.2 Å². The number of pyridine rings is 1. The summed E-state index contributed by atoms with van der Waals surface area (Å²) in [5.41, 5.74) is -0.129. The highest BCUT2D eigenvalue weighted by Crippen LogP contribution is 2.58. The Kier molecular flexibility index (Phi) is 5.60. The first-order valence-electron chi connectivity index (χ1n) is 11.0. The van der Waals surface area contributed by atoms with Crippen LogP contribution in [0.3, 0.4) is 0 Å².